The number of hydrogen-bond acceptors (Lipinski definition) is 10. The van der Waals surface area contributed by atoms with Crippen molar-refractivity contribution in [1.82, 2.24) is 0 Å². The van der Waals surface area contributed by atoms with Gasteiger partial charge in [-0.2, -0.15) is 0 Å². The smallest absolute Gasteiger partial charge is 0.338 e. The molecular weight excluding hydrogens is 520 g/mol. The molecule has 2 saturated carbocycles. The van der Waals surface area contributed by atoms with Crippen LogP contribution in [0.3, 0.4) is 0 Å². The second kappa shape index (κ2) is 9.30. The van der Waals surface area contributed by atoms with E-state index in [0.717, 1.165) is 0 Å². The Morgan fingerprint density at radius 3 is 2.30 bits per heavy atom. The predicted molar refractivity (Wildman–Crippen MR) is 139 cm³/mol. The number of benzene rings is 1. The first-order chi connectivity index (χ1) is 18.7. The molecule has 8 atom stereocenters. The molecule has 10 nitrogen and oxygen atoms in total. The normalized spacial score (nSPS) is 40.1. The van der Waals surface area contributed by atoms with Crippen molar-refractivity contribution >= 4 is 23.5 Å². The lowest BCUT2D eigenvalue weighted by atomic mass is 9.44. The summed E-state index contributed by atoms with van der Waals surface area (Å²) in [4.78, 5) is 54.2. The summed E-state index contributed by atoms with van der Waals surface area (Å²) >= 11 is 0. The van der Waals surface area contributed by atoms with Gasteiger partial charge in [0.05, 0.1) is 29.6 Å². The monoisotopic (exact) mass is 556 g/mol. The summed E-state index contributed by atoms with van der Waals surface area (Å²) in [5, 5.41) is 24.3. The summed E-state index contributed by atoms with van der Waals surface area (Å²) < 4.78 is 23.6. The van der Waals surface area contributed by atoms with Crippen LogP contribution in [0, 0.1) is 16.7 Å². The molecule has 2 bridgehead atoms. The lowest BCUT2D eigenvalue weighted by molar-refractivity contribution is -0.344. The van der Waals surface area contributed by atoms with E-state index in [4.69, 9.17) is 18.9 Å². The molecule has 216 valence electrons. The Morgan fingerprint density at radius 2 is 1.75 bits per heavy atom. The summed E-state index contributed by atoms with van der Waals surface area (Å²) in [5.41, 5.74) is -5.97. The van der Waals surface area contributed by atoms with Crippen LogP contribution in [0.4, 0.5) is 0 Å². The minimum atomic E-state index is -2.09. The number of rotatable bonds is 4. The Kier molecular flexibility index (Phi) is 6.65. The largest absolute Gasteiger partial charge is 0.455 e. The van der Waals surface area contributed by atoms with Crippen molar-refractivity contribution < 1.29 is 48.3 Å². The minimum absolute atomic E-state index is 0.0411. The van der Waals surface area contributed by atoms with Gasteiger partial charge in [0.15, 0.2) is 17.2 Å². The second-order valence-corrected chi connectivity index (χ2v) is 12.2. The van der Waals surface area contributed by atoms with Gasteiger partial charge in [-0.3, -0.25) is 14.4 Å². The van der Waals surface area contributed by atoms with Gasteiger partial charge in [0.1, 0.15) is 23.9 Å². The van der Waals surface area contributed by atoms with Gasteiger partial charge in [0.25, 0.3) is 0 Å². The fourth-order valence-corrected chi connectivity index (χ4v) is 7.67. The molecule has 3 aliphatic carbocycles. The molecule has 0 aromatic heterocycles. The summed E-state index contributed by atoms with van der Waals surface area (Å²) in [5.74, 6) is -3.76. The first kappa shape index (κ1) is 28.6. The van der Waals surface area contributed by atoms with Gasteiger partial charge in [-0.05, 0) is 37.1 Å². The lowest BCUT2D eigenvalue weighted by Crippen LogP contribution is -2.81. The van der Waals surface area contributed by atoms with Crippen molar-refractivity contribution in [2.24, 2.45) is 16.7 Å². The van der Waals surface area contributed by atoms with E-state index >= 15 is 0 Å². The van der Waals surface area contributed by atoms with Gasteiger partial charge >= 0.3 is 11.9 Å². The number of Topliss-reactive ketones (excluding diaryl/α,β-unsaturated/α-hetero) is 2. The van der Waals surface area contributed by atoms with Gasteiger partial charge in [-0.1, -0.05) is 32.0 Å². The van der Waals surface area contributed by atoms with Crippen molar-refractivity contribution in [2.45, 2.75) is 83.1 Å². The Bertz CT molecular complexity index is 1300. The number of fused-ring (bicyclic) bond motifs is 5. The van der Waals surface area contributed by atoms with Crippen LogP contribution in [0.15, 0.2) is 41.5 Å². The number of carbonyl (C=O) groups is 4. The first-order valence-electron chi connectivity index (χ1n) is 13.5. The predicted octanol–water partition coefficient (Wildman–Crippen LogP) is 1.94. The Labute approximate surface area is 232 Å². The fourth-order valence-electron chi connectivity index (χ4n) is 7.67. The van der Waals surface area contributed by atoms with Crippen molar-refractivity contribution in [1.29, 1.82) is 0 Å². The van der Waals surface area contributed by atoms with Crippen LogP contribution >= 0.6 is 0 Å². The maximum atomic E-state index is 14.6. The highest BCUT2D eigenvalue weighted by atomic mass is 16.6. The molecule has 1 heterocycles. The SMILES string of the molecule is CO[C@H]1C(=O)[C@@]2(C)[C@H]([C@H](OC(=O)c3ccccc3)[C@]3(O)CC(=O)C(C)=C1C3(C)C)[C@]1(OC(C)=O)CO[C@@H]1C[C@@H]2O. The Hall–Kier alpha value is -2.92. The van der Waals surface area contributed by atoms with Crippen LogP contribution in [-0.4, -0.2) is 83.1 Å². The molecule has 10 heteroatoms. The van der Waals surface area contributed by atoms with E-state index in [-0.39, 0.29) is 29.7 Å². The molecule has 1 aromatic carbocycles. The molecule has 0 radical (unpaired) electrons. The number of methoxy groups -OCH3 is 1. The molecule has 1 saturated heterocycles. The molecule has 2 N–H and O–H groups in total. The van der Waals surface area contributed by atoms with Crippen LogP contribution in [0.25, 0.3) is 0 Å². The molecular formula is C30H36O10. The lowest BCUT2D eigenvalue weighted by Gasteiger charge is -2.67. The van der Waals surface area contributed by atoms with Crippen LogP contribution in [0.1, 0.15) is 57.8 Å². The zero-order chi connectivity index (χ0) is 29.4. The molecule has 5 rings (SSSR count). The van der Waals surface area contributed by atoms with E-state index < -0.39 is 82.3 Å². The standard InChI is InChI=1S/C30H36O10/c1-15-18(32)13-30(36)25(39-26(35)17-10-8-7-9-11-17)23-28(5,24(34)22(37-6)21(15)27(30,3)4)19(33)12-20-29(23,14-38-20)40-16(2)31/h7-11,19-20,22-23,25,33,36H,12-14H2,1-6H3/t19-,20+,22+,23-,25-,28+,29-,30+/m0/s1. The average Bonchev–Trinajstić information content (AvgIpc) is 2.89. The number of carbonyl (C=O) groups excluding carboxylic acids is 4. The van der Waals surface area contributed by atoms with Crippen molar-refractivity contribution in [3.05, 3.63) is 47.0 Å². The topological polar surface area (TPSA) is 146 Å². The number of aliphatic hydroxyl groups is 2. The molecule has 40 heavy (non-hydrogen) atoms. The van der Waals surface area contributed by atoms with Crippen LogP contribution in [-0.2, 0) is 33.3 Å². The van der Waals surface area contributed by atoms with Gasteiger partial charge in [-0.15, -0.1) is 0 Å². The number of ether oxygens (including phenoxy) is 4. The molecule has 0 spiro atoms. The first-order valence-corrected chi connectivity index (χ1v) is 13.5. The van der Waals surface area contributed by atoms with Gasteiger partial charge < -0.3 is 29.2 Å². The summed E-state index contributed by atoms with van der Waals surface area (Å²) in [7, 11) is 1.33. The number of hydrogen-bond donors (Lipinski definition) is 2. The number of ketones is 2. The Morgan fingerprint density at radius 1 is 1.10 bits per heavy atom. The van der Waals surface area contributed by atoms with Crippen LogP contribution in [0.2, 0.25) is 0 Å². The zero-order valence-electron chi connectivity index (χ0n) is 23.6. The van der Waals surface area contributed by atoms with E-state index in [1.54, 1.807) is 51.1 Å². The summed E-state index contributed by atoms with van der Waals surface area (Å²) in [6, 6.07) is 8.12. The quantitative estimate of drug-likeness (QED) is 0.528. The van der Waals surface area contributed by atoms with Crippen LogP contribution < -0.4 is 0 Å². The van der Waals surface area contributed by atoms with E-state index in [0.29, 0.717) is 0 Å². The van der Waals surface area contributed by atoms with Crippen LogP contribution in [0.5, 0.6) is 0 Å². The highest BCUT2D eigenvalue weighted by Gasteiger charge is 2.78. The molecule has 0 amide bonds. The Balaban J connectivity index is 1.83. The van der Waals surface area contributed by atoms with E-state index in [9.17, 15) is 29.4 Å². The highest BCUT2D eigenvalue weighted by Crippen LogP contribution is 2.63. The maximum Gasteiger partial charge on any atom is 0.338 e. The van der Waals surface area contributed by atoms with Gasteiger partial charge in [0.2, 0.25) is 0 Å². The van der Waals surface area contributed by atoms with E-state index in [1.165, 1.54) is 21.0 Å². The van der Waals surface area contributed by atoms with Crippen molar-refractivity contribution in [2.75, 3.05) is 13.7 Å². The third-order valence-corrected chi connectivity index (χ3v) is 9.98. The zero-order valence-corrected chi connectivity index (χ0v) is 23.6. The van der Waals surface area contributed by atoms with E-state index in [2.05, 4.69) is 0 Å². The number of aliphatic hydroxyl groups excluding tert-OH is 1. The molecule has 1 aromatic rings. The minimum Gasteiger partial charge on any atom is -0.455 e. The van der Waals surface area contributed by atoms with E-state index in [1.807, 2.05) is 0 Å². The highest BCUT2D eigenvalue weighted by molar-refractivity contribution is 6.02. The molecule has 4 aliphatic rings. The van der Waals surface area contributed by atoms with Crippen molar-refractivity contribution in [3.8, 4) is 0 Å². The second-order valence-electron chi connectivity index (χ2n) is 12.2. The maximum absolute atomic E-state index is 14.6. The van der Waals surface area contributed by atoms with Crippen molar-refractivity contribution in [3.63, 3.8) is 0 Å². The third-order valence-electron chi connectivity index (χ3n) is 9.98. The summed E-state index contributed by atoms with van der Waals surface area (Å²) in [6.07, 6.45) is -5.52. The molecule has 0 unspecified atom stereocenters. The van der Waals surface area contributed by atoms with Gasteiger partial charge in [0, 0.05) is 32.3 Å². The molecule has 1 aliphatic heterocycles. The average molecular weight is 557 g/mol. The van der Waals surface area contributed by atoms with Gasteiger partial charge in [-0.25, -0.2) is 4.79 Å². The fraction of sp³-hybridized carbons (Fsp3) is 0.600. The summed E-state index contributed by atoms with van der Waals surface area (Å²) in [6.45, 7) is 7.52. The molecule has 3 fully saturated rings. The number of esters is 2. The third kappa shape index (κ3) is 3.62. The number of allylic oxidation sites excluding steroid dienone is 1.